The molecule has 0 radical (unpaired) electrons. The zero-order valence-corrected chi connectivity index (χ0v) is 21.5. The average Bonchev–Trinajstić information content (AvgIpc) is 3.67. The monoisotopic (exact) mass is 502 g/mol. The van der Waals surface area contributed by atoms with Gasteiger partial charge in [-0.1, -0.05) is 36.4 Å². The van der Waals surface area contributed by atoms with Crippen LogP contribution in [0.5, 0.6) is 0 Å². The number of carbonyl (C=O) groups excluding carboxylic acids is 1. The van der Waals surface area contributed by atoms with E-state index in [0.717, 1.165) is 44.5 Å². The van der Waals surface area contributed by atoms with Crippen molar-refractivity contribution in [2.24, 2.45) is 0 Å². The minimum Gasteiger partial charge on any atom is -0.395 e. The van der Waals surface area contributed by atoms with E-state index in [4.69, 9.17) is 5.21 Å². The summed E-state index contributed by atoms with van der Waals surface area (Å²) in [4.78, 5) is 16.3. The van der Waals surface area contributed by atoms with Gasteiger partial charge in [-0.05, 0) is 79.6 Å². The summed E-state index contributed by atoms with van der Waals surface area (Å²) < 4.78 is 2.43. The lowest BCUT2D eigenvalue weighted by Crippen LogP contribution is -2.32. The van der Waals surface area contributed by atoms with Crippen molar-refractivity contribution in [2.45, 2.75) is 44.7 Å². The van der Waals surface area contributed by atoms with Gasteiger partial charge in [0.15, 0.2) is 0 Å². The van der Waals surface area contributed by atoms with Gasteiger partial charge in [0.05, 0.1) is 6.61 Å². The number of amides is 1. The van der Waals surface area contributed by atoms with E-state index in [9.17, 15) is 9.90 Å². The standard InChI is InChI=1S/C30H38N4O3/c35-20-19-33(29-11-9-24-21-23(7-10-27(24)29)8-12-30(36)31-37)16-13-25-22-34(18-17-32-14-3-4-15-32)28-6-2-1-5-26(25)28/h1-2,5-8,10,12,21-22,29,35,37H,3-4,9,11,13-20H2,(H,31,36). The van der Waals surface area contributed by atoms with Crippen LogP contribution in [0.25, 0.3) is 17.0 Å². The number of hydrogen-bond acceptors (Lipinski definition) is 5. The fourth-order valence-corrected chi connectivity index (χ4v) is 6.09. The van der Waals surface area contributed by atoms with Crippen molar-refractivity contribution >= 4 is 22.9 Å². The maximum absolute atomic E-state index is 11.3. The fraction of sp³-hybridized carbons (Fsp3) is 0.433. The highest BCUT2D eigenvalue weighted by atomic mass is 16.5. The van der Waals surface area contributed by atoms with E-state index in [2.05, 4.69) is 57.0 Å². The molecular formula is C30H38N4O3. The number of benzene rings is 2. The summed E-state index contributed by atoms with van der Waals surface area (Å²) in [6.45, 7) is 6.25. The second-order valence-corrected chi connectivity index (χ2v) is 10.2. The van der Waals surface area contributed by atoms with Crippen LogP contribution in [0.2, 0.25) is 0 Å². The van der Waals surface area contributed by atoms with Crippen LogP contribution in [0.15, 0.2) is 54.7 Å². The lowest BCUT2D eigenvalue weighted by molar-refractivity contribution is -0.124. The summed E-state index contributed by atoms with van der Waals surface area (Å²) in [5, 5.41) is 19.9. The number of hydroxylamine groups is 1. The predicted molar refractivity (Wildman–Crippen MR) is 146 cm³/mol. The van der Waals surface area contributed by atoms with E-state index < -0.39 is 5.91 Å². The van der Waals surface area contributed by atoms with Gasteiger partial charge >= 0.3 is 0 Å². The molecular weight excluding hydrogens is 464 g/mol. The largest absolute Gasteiger partial charge is 0.395 e. The second kappa shape index (κ2) is 12.0. The van der Waals surface area contributed by atoms with Gasteiger partial charge in [-0.3, -0.25) is 14.9 Å². The molecule has 2 aromatic carbocycles. The molecule has 3 aromatic rings. The molecule has 1 aromatic heterocycles. The SMILES string of the molecule is O=C(C=Cc1ccc2c(c1)CCC2N(CCO)CCc1cn(CCN2CCCC2)c2ccccc12)NO. The molecule has 1 fully saturated rings. The van der Waals surface area contributed by atoms with Crippen LogP contribution >= 0.6 is 0 Å². The van der Waals surface area contributed by atoms with E-state index in [1.165, 1.54) is 59.6 Å². The molecule has 1 atom stereocenters. The Hall–Kier alpha value is -2.97. The number of carbonyl (C=O) groups is 1. The molecule has 37 heavy (non-hydrogen) atoms. The number of likely N-dealkylation sites (tertiary alicyclic amines) is 1. The number of nitrogens with zero attached hydrogens (tertiary/aromatic N) is 3. The molecule has 1 aliphatic carbocycles. The average molecular weight is 503 g/mol. The molecule has 1 unspecified atom stereocenters. The summed E-state index contributed by atoms with van der Waals surface area (Å²) in [7, 11) is 0. The highest BCUT2D eigenvalue weighted by molar-refractivity contribution is 5.90. The highest BCUT2D eigenvalue weighted by Gasteiger charge is 2.28. The Morgan fingerprint density at radius 3 is 2.76 bits per heavy atom. The predicted octanol–water partition coefficient (Wildman–Crippen LogP) is 3.78. The number of para-hydroxylation sites is 1. The third kappa shape index (κ3) is 5.96. The number of aryl methyl sites for hydroxylation is 1. The molecule has 1 aliphatic heterocycles. The van der Waals surface area contributed by atoms with Crippen molar-refractivity contribution in [3.8, 4) is 0 Å². The van der Waals surface area contributed by atoms with Crippen molar-refractivity contribution in [3.63, 3.8) is 0 Å². The van der Waals surface area contributed by atoms with E-state index in [0.29, 0.717) is 6.54 Å². The van der Waals surface area contributed by atoms with Gasteiger partial charge in [0.2, 0.25) is 0 Å². The number of rotatable bonds is 11. The van der Waals surface area contributed by atoms with Crippen molar-refractivity contribution in [1.29, 1.82) is 0 Å². The molecule has 3 N–H and O–H groups in total. The Morgan fingerprint density at radius 2 is 1.95 bits per heavy atom. The maximum Gasteiger partial charge on any atom is 0.267 e. The van der Waals surface area contributed by atoms with Gasteiger partial charge < -0.3 is 14.6 Å². The van der Waals surface area contributed by atoms with Gasteiger partial charge in [-0.2, -0.15) is 0 Å². The molecule has 1 saturated heterocycles. The van der Waals surface area contributed by atoms with Crippen molar-refractivity contribution in [3.05, 3.63) is 77.0 Å². The zero-order chi connectivity index (χ0) is 25.6. The number of aromatic nitrogens is 1. The fourth-order valence-electron chi connectivity index (χ4n) is 6.09. The summed E-state index contributed by atoms with van der Waals surface area (Å²) in [6, 6.07) is 15.3. The summed E-state index contributed by atoms with van der Waals surface area (Å²) in [6.07, 6.45) is 11.0. The lowest BCUT2D eigenvalue weighted by Gasteiger charge is -2.29. The van der Waals surface area contributed by atoms with Crippen molar-refractivity contribution in [1.82, 2.24) is 19.8 Å². The molecule has 7 nitrogen and oxygen atoms in total. The number of nitrogens with one attached hydrogen (secondary N) is 1. The van der Waals surface area contributed by atoms with Crippen LogP contribution < -0.4 is 5.48 Å². The number of aliphatic hydroxyl groups is 1. The smallest absolute Gasteiger partial charge is 0.267 e. The summed E-state index contributed by atoms with van der Waals surface area (Å²) >= 11 is 0. The van der Waals surface area contributed by atoms with E-state index in [1.807, 2.05) is 6.07 Å². The molecule has 0 spiro atoms. The van der Waals surface area contributed by atoms with Gasteiger partial charge in [0.1, 0.15) is 0 Å². The highest BCUT2D eigenvalue weighted by Crippen LogP contribution is 2.36. The molecule has 2 heterocycles. The third-order valence-corrected chi connectivity index (χ3v) is 7.97. The molecule has 5 rings (SSSR count). The molecule has 0 bridgehead atoms. The molecule has 0 saturated carbocycles. The van der Waals surface area contributed by atoms with Crippen molar-refractivity contribution < 1.29 is 15.1 Å². The van der Waals surface area contributed by atoms with Gasteiger partial charge in [0, 0.05) is 55.4 Å². The first-order chi connectivity index (χ1) is 18.2. The van der Waals surface area contributed by atoms with Crippen LogP contribution in [0, 0.1) is 0 Å². The lowest BCUT2D eigenvalue weighted by atomic mass is 10.0. The topological polar surface area (TPSA) is 81.0 Å². The van der Waals surface area contributed by atoms with E-state index >= 15 is 0 Å². The van der Waals surface area contributed by atoms with E-state index in [1.54, 1.807) is 11.6 Å². The first-order valence-corrected chi connectivity index (χ1v) is 13.6. The maximum atomic E-state index is 11.3. The van der Waals surface area contributed by atoms with Gasteiger partial charge in [-0.15, -0.1) is 0 Å². The number of hydrogen-bond donors (Lipinski definition) is 3. The van der Waals surface area contributed by atoms with Crippen LogP contribution in [0.3, 0.4) is 0 Å². The molecule has 7 heteroatoms. The Balaban J connectivity index is 1.29. The first kappa shape index (κ1) is 25.7. The first-order valence-electron chi connectivity index (χ1n) is 13.6. The molecule has 196 valence electrons. The number of fused-ring (bicyclic) bond motifs is 2. The summed E-state index contributed by atoms with van der Waals surface area (Å²) in [5.74, 6) is -0.537. The van der Waals surface area contributed by atoms with Crippen molar-refractivity contribution in [2.75, 3.05) is 39.3 Å². The van der Waals surface area contributed by atoms with Crippen LogP contribution in [0.4, 0.5) is 0 Å². The van der Waals surface area contributed by atoms with Crippen LogP contribution in [-0.4, -0.2) is 69.9 Å². The van der Waals surface area contributed by atoms with Gasteiger partial charge in [0.25, 0.3) is 5.91 Å². The normalized spacial score (nSPS) is 17.9. The minimum absolute atomic E-state index is 0.139. The Labute approximate surface area is 219 Å². The summed E-state index contributed by atoms with van der Waals surface area (Å²) in [5.41, 5.74) is 7.85. The van der Waals surface area contributed by atoms with Crippen LogP contribution in [-0.2, 0) is 24.2 Å². The Morgan fingerprint density at radius 1 is 1.11 bits per heavy atom. The minimum atomic E-state index is -0.537. The number of aliphatic hydroxyl groups excluding tert-OH is 1. The second-order valence-electron chi connectivity index (χ2n) is 10.2. The quantitative estimate of drug-likeness (QED) is 0.211. The van der Waals surface area contributed by atoms with Gasteiger partial charge in [-0.25, -0.2) is 5.48 Å². The van der Waals surface area contributed by atoms with Crippen LogP contribution in [0.1, 0.15) is 47.6 Å². The zero-order valence-electron chi connectivity index (χ0n) is 21.5. The van der Waals surface area contributed by atoms with E-state index in [-0.39, 0.29) is 12.6 Å². The molecule has 1 amide bonds. The molecule has 2 aliphatic rings. The Bertz CT molecular complexity index is 1240. The third-order valence-electron chi connectivity index (χ3n) is 7.97. The Kier molecular flexibility index (Phi) is 8.36.